The summed E-state index contributed by atoms with van der Waals surface area (Å²) in [7, 11) is 1.70. The maximum atomic E-state index is 5.13. The monoisotopic (exact) mass is 241 g/mol. The lowest BCUT2D eigenvalue weighted by atomic mass is 9.95. The van der Waals surface area contributed by atoms with Crippen LogP contribution in [0.25, 0.3) is 0 Å². The van der Waals surface area contributed by atoms with Crippen molar-refractivity contribution in [2.75, 3.05) is 12.4 Å². The van der Waals surface area contributed by atoms with Gasteiger partial charge in [0.15, 0.2) is 0 Å². The molecule has 2 nitrogen and oxygen atoms in total. The van der Waals surface area contributed by atoms with Gasteiger partial charge in [-0.05, 0) is 37.1 Å². The molecule has 0 unspecified atom stereocenters. The average molecular weight is 242 g/mol. The molecule has 1 saturated carbocycles. The van der Waals surface area contributed by atoms with Gasteiger partial charge in [-0.15, -0.1) is 12.4 Å². The van der Waals surface area contributed by atoms with Crippen LogP contribution in [0.3, 0.4) is 0 Å². The van der Waals surface area contributed by atoms with Gasteiger partial charge in [-0.1, -0.05) is 19.3 Å². The van der Waals surface area contributed by atoms with Gasteiger partial charge in [0.1, 0.15) is 5.75 Å². The fourth-order valence-corrected chi connectivity index (χ4v) is 2.17. The summed E-state index contributed by atoms with van der Waals surface area (Å²) >= 11 is 0. The Labute approximate surface area is 104 Å². The molecule has 90 valence electrons. The van der Waals surface area contributed by atoms with Crippen LogP contribution in [0.5, 0.6) is 5.75 Å². The van der Waals surface area contributed by atoms with Crippen LogP contribution in [0, 0.1) is 0 Å². The lowest BCUT2D eigenvalue weighted by Crippen LogP contribution is -2.22. The molecule has 16 heavy (non-hydrogen) atoms. The molecule has 0 spiro atoms. The predicted molar refractivity (Wildman–Crippen MR) is 70.7 cm³/mol. The van der Waals surface area contributed by atoms with Gasteiger partial charge in [-0.25, -0.2) is 0 Å². The minimum absolute atomic E-state index is 0. The van der Waals surface area contributed by atoms with Crippen molar-refractivity contribution < 1.29 is 4.74 Å². The van der Waals surface area contributed by atoms with Gasteiger partial charge in [0.2, 0.25) is 0 Å². The molecule has 1 aliphatic carbocycles. The van der Waals surface area contributed by atoms with Gasteiger partial charge in [0, 0.05) is 11.7 Å². The molecule has 0 radical (unpaired) electrons. The molecule has 1 fully saturated rings. The Morgan fingerprint density at radius 1 is 1.06 bits per heavy atom. The first-order valence-electron chi connectivity index (χ1n) is 5.79. The number of hydrogen-bond donors (Lipinski definition) is 1. The highest BCUT2D eigenvalue weighted by Gasteiger charge is 2.12. The normalized spacial score (nSPS) is 16.3. The van der Waals surface area contributed by atoms with Crippen LogP contribution in [0.4, 0.5) is 5.69 Å². The van der Waals surface area contributed by atoms with E-state index in [1.807, 2.05) is 12.1 Å². The van der Waals surface area contributed by atoms with E-state index in [2.05, 4.69) is 17.4 Å². The van der Waals surface area contributed by atoms with Crippen LogP contribution in [0.1, 0.15) is 32.1 Å². The third-order valence-corrected chi connectivity index (χ3v) is 3.07. The van der Waals surface area contributed by atoms with E-state index in [0.29, 0.717) is 6.04 Å². The zero-order chi connectivity index (χ0) is 10.5. The quantitative estimate of drug-likeness (QED) is 0.868. The first-order valence-corrected chi connectivity index (χ1v) is 5.79. The Kier molecular flexibility index (Phi) is 5.47. The van der Waals surface area contributed by atoms with Crippen LogP contribution in [0.15, 0.2) is 24.3 Å². The van der Waals surface area contributed by atoms with Gasteiger partial charge in [0.05, 0.1) is 7.11 Å². The van der Waals surface area contributed by atoms with E-state index in [1.165, 1.54) is 37.8 Å². The molecule has 0 aliphatic heterocycles. The molecule has 1 N–H and O–H groups in total. The summed E-state index contributed by atoms with van der Waals surface area (Å²) in [5.74, 6) is 0.921. The number of rotatable bonds is 3. The molecular weight excluding hydrogens is 222 g/mol. The highest BCUT2D eigenvalue weighted by Crippen LogP contribution is 2.22. The van der Waals surface area contributed by atoms with Crippen molar-refractivity contribution in [1.82, 2.24) is 0 Å². The molecule has 1 aliphatic rings. The fourth-order valence-electron chi connectivity index (χ4n) is 2.17. The first kappa shape index (κ1) is 13.2. The summed E-state index contributed by atoms with van der Waals surface area (Å²) in [6, 6.07) is 8.86. The molecule has 0 amide bonds. The Bertz CT molecular complexity index is 293. The topological polar surface area (TPSA) is 21.3 Å². The second kappa shape index (κ2) is 6.64. The summed E-state index contributed by atoms with van der Waals surface area (Å²) in [4.78, 5) is 0. The second-order valence-electron chi connectivity index (χ2n) is 4.21. The SMILES string of the molecule is COc1ccc(NC2CCCCC2)cc1.Cl. The van der Waals surface area contributed by atoms with Gasteiger partial charge in [0.25, 0.3) is 0 Å². The van der Waals surface area contributed by atoms with Crippen LogP contribution in [0.2, 0.25) is 0 Å². The largest absolute Gasteiger partial charge is 0.497 e. The van der Waals surface area contributed by atoms with Crippen LogP contribution in [-0.2, 0) is 0 Å². The molecule has 0 bridgehead atoms. The number of ether oxygens (including phenoxy) is 1. The third-order valence-electron chi connectivity index (χ3n) is 3.07. The zero-order valence-electron chi connectivity index (χ0n) is 9.74. The van der Waals surface area contributed by atoms with E-state index in [0.717, 1.165) is 5.75 Å². The van der Waals surface area contributed by atoms with E-state index in [9.17, 15) is 0 Å². The summed E-state index contributed by atoms with van der Waals surface area (Å²) in [5.41, 5.74) is 1.21. The maximum absolute atomic E-state index is 5.13. The lowest BCUT2D eigenvalue weighted by molar-refractivity contribution is 0.414. The minimum atomic E-state index is 0. The number of halogens is 1. The number of hydrogen-bond acceptors (Lipinski definition) is 2. The van der Waals surface area contributed by atoms with Crippen molar-refractivity contribution in [3.63, 3.8) is 0 Å². The van der Waals surface area contributed by atoms with Crippen LogP contribution < -0.4 is 10.1 Å². The molecule has 0 heterocycles. The van der Waals surface area contributed by atoms with Gasteiger partial charge < -0.3 is 10.1 Å². The van der Waals surface area contributed by atoms with Crippen LogP contribution in [-0.4, -0.2) is 13.2 Å². The second-order valence-corrected chi connectivity index (χ2v) is 4.21. The van der Waals surface area contributed by atoms with Crippen molar-refractivity contribution in [2.45, 2.75) is 38.1 Å². The van der Waals surface area contributed by atoms with Crippen LogP contribution >= 0.6 is 12.4 Å². The Morgan fingerprint density at radius 3 is 2.25 bits per heavy atom. The first-order chi connectivity index (χ1) is 7.38. The van der Waals surface area contributed by atoms with Crippen molar-refractivity contribution in [1.29, 1.82) is 0 Å². The van der Waals surface area contributed by atoms with E-state index < -0.39 is 0 Å². The Morgan fingerprint density at radius 2 is 1.69 bits per heavy atom. The van der Waals surface area contributed by atoms with Crippen molar-refractivity contribution in [3.8, 4) is 5.75 Å². The molecule has 0 aromatic heterocycles. The highest BCUT2D eigenvalue weighted by atomic mass is 35.5. The number of methoxy groups -OCH3 is 1. The summed E-state index contributed by atoms with van der Waals surface area (Å²) in [6.45, 7) is 0. The van der Waals surface area contributed by atoms with E-state index in [-0.39, 0.29) is 12.4 Å². The lowest BCUT2D eigenvalue weighted by Gasteiger charge is -2.23. The molecule has 2 rings (SSSR count). The minimum Gasteiger partial charge on any atom is -0.497 e. The molecule has 1 aromatic carbocycles. The molecule has 1 aromatic rings. The van der Waals surface area contributed by atoms with Crippen molar-refractivity contribution in [2.24, 2.45) is 0 Å². The number of nitrogens with one attached hydrogen (secondary N) is 1. The smallest absolute Gasteiger partial charge is 0.119 e. The van der Waals surface area contributed by atoms with Gasteiger partial charge in [-0.2, -0.15) is 0 Å². The number of anilines is 1. The third kappa shape index (κ3) is 3.60. The summed E-state index contributed by atoms with van der Waals surface area (Å²) in [6.07, 6.45) is 6.76. The fraction of sp³-hybridized carbons (Fsp3) is 0.538. The zero-order valence-corrected chi connectivity index (χ0v) is 10.6. The predicted octanol–water partition coefficient (Wildman–Crippen LogP) is 3.86. The van der Waals surface area contributed by atoms with Gasteiger partial charge >= 0.3 is 0 Å². The molecule has 0 saturated heterocycles. The number of benzene rings is 1. The van der Waals surface area contributed by atoms with Crippen molar-refractivity contribution >= 4 is 18.1 Å². The Hall–Kier alpha value is -0.890. The van der Waals surface area contributed by atoms with Crippen molar-refractivity contribution in [3.05, 3.63) is 24.3 Å². The molecule has 3 heteroatoms. The van der Waals surface area contributed by atoms with Gasteiger partial charge in [-0.3, -0.25) is 0 Å². The maximum Gasteiger partial charge on any atom is 0.119 e. The standard InChI is InChI=1S/C13H19NO.ClH/c1-15-13-9-7-12(8-10-13)14-11-5-3-2-4-6-11;/h7-11,14H,2-6H2,1H3;1H. The van der Waals surface area contributed by atoms with E-state index >= 15 is 0 Å². The van der Waals surface area contributed by atoms with E-state index in [4.69, 9.17) is 4.74 Å². The Balaban J connectivity index is 0.00000128. The van der Waals surface area contributed by atoms with E-state index in [1.54, 1.807) is 7.11 Å². The average Bonchev–Trinajstić information content (AvgIpc) is 2.31. The molecule has 0 atom stereocenters. The summed E-state index contributed by atoms with van der Waals surface area (Å²) < 4.78 is 5.13. The highest BCUT2D eigenvalue weighted by molar-refractivity contribution is 5.85. The molecular formula is C13H20ClNO. The summed E-state index contributed by atoms with van der Waals surface area (Å²) in [5, 5.41) is 3.58.